The van der Waals surface area contributed by atoms with Crippen molar-refractivity contribution in [2.45, 2.75) is 13.1 Å². The second-order valence-corrected chi connectivity index (χ2v) is 5.05. The third-order valence-corrected chi connectivity index (χ3v) is 3.81. The van der Waals surface area contributed by atoms with E-state index in [9.17, 15) is 0 Å². The maximum atomic E-state index is 5.80. The highest BCUT2D eigenvalue weighted by Gasteiger charge is 2.19. The fourth-order valence-electron chi connectivity index (χ4n) is 2.62. The summed E-state index contributed by atoms with van der Waals surface area (Å²) in [6.45, 7) is 5.57. The highest BCUT2D eigenvalue weighted by molar-refractivity contribution is 5.29. The Labute approximate surface area is 118 Å². The molecule has 0 amide bonds. The third kappa shape index (κ3) is 2.81. The molecule has 0 saturated carbocycles. The largest absolute Gasteiger partial charge is 0.339 e. The summed E-state index contributed by atoms with van der Waals surface area (Å²) < 4.78 is 0. The number of nitrogens with zero attached hydrogens (tertiary/aromatic N) is 4. The minimum absolute atomic E-state index is 0.605. The molecule has 1 aliphatic rings. The quantitative estimate of drug-likeness (QED) is 0.852. The van der Waals surface area contributed by atoms with Crippen LogP contribution in [0.3, 0.4) is 0 Å². The lowest BCUT2D eigenvalue weighted by molar-refractivity contribution is 0.248. The Morgan fingerprint density at radius 1 is 1.10 bits per heavy atom. The minimum atomic E-state index is 0.605. The molecule has 1 saturated heterocycles. The smallest absolute Gasteiger partial charge is 0.221 e. The summed E-state index contributed by atoms with van der Waals surface area (Å²) >= 11 is 0. The summed E-state index contributed by atoms with van der Waals surface area (Å²) in [6.07, 6.45) is 1.55. The van der Waals surface area contributed by atoms with E-state index in [2.05, 4.69) is 43.2 Å². The van der Waals surface area contributed by atoms with Gasteiger partial charge in [-0.25, -0.2) is 5.10 Å². The molecule has 0 atom stereocenters. The summed E-state index contributed by atoms with van der Waals surface area (Å²) in [4.78, 5) is 8.89. The molecule has 2 heterocycles. The van der Waals surface area contributed by atoms with Gasteiger partial charge in [0.25, 0.3) is 0 Å². The van der Waals surface area contributed by atoms with Crippen molar-refractivity contribution < 1.29 is 0 Å². The molecule has 0 radical (unpaired) electrons. The molecule has 1 aromatic heterocycles. The van der Waals surface area contributed by atoms with Crippen LogP contribution in [0.4, 0.5) is 5.95 Å². The SMILES string of the molecule is NCc1ccccc1CN1CCN(c2ncn[nH]2)CC1. The first-order chi connectivity index (χ1) is 9.86. The normalized spacial score (nSPS) is 16.6. The highest BCUT2D eigenvalue weighted by atomic mass is 15.4. The van der Waals surface area contributed by atoms with Crippen molar-refractivity contribution in [1.82, 2.24) is 20.1 Å². The molecule has 1 fully saturated rings. The van der Waals surface area contributed by atoms with Gasteiger partial charge < -0.3 is 10.6 Å². The first kappa shape index (κ1) is 13.1. The van der Waals surface area contributed by atoms with Crippen LogP contribution in [0.2, 0.25) is 0 Å². The van der Waals surface area contributed by atoms with Gasteiger partial charge in [0.2, 0.25) is 5.95 Å². The number of hydrogen-bond acceptors (Lipinski definition) is 5. The number of nitrogens with two attached hydrogens (primary N) is 1. The van der Waals surface area contributed by atoms with E-state index < -0.39 is 0 Å². The Morgan fingerprint density at radius 2 is 1.85 bits per heavy atom. The fourth-order valence-corrected chi connectivity index (χ4v) is 2.62. The molecule has 0 bridgehead atoms. The molecule has 0 aliphatic carbocycles. The van der Waals surface area contributed by atoms with Gasteiger partial charge in [-0.05, 0) is 11.1 Å². The van der Waals surface area contributed by atoms with Gasteiger partial charge >= 0.3 is 0 Å². The van der Waals surface area contributed by atoms with Crippen LogP contribution >= 0.6 is 0 Å². The molecule has 3 N–H and O–H groups in total. The van der Waals surface area contributed by atoms with E-state index in [1.165, 1.54) is 11.1 Å². The molecule has 3 rings (SSSR count). The molecule has 6 heteroatoms. The fraction of sp³-hybridized carbons (Fsp3) is 0.429. The lowest BCUT2D eigenvalue weighted by Gasteiger charge is -2.34. The summed E-state index contributed by atoms with van der Waals surface area (Å²) in [5, 5.41) is 6.82. The molecule has 1 aromatic carbocycles. The Morgan fingerprint density at radius 3 is 2.50 bits per heavy atom. The van der Waals surface area contributed by atoms with Crippen molar-refractivity contribution in [3.63, 3.8) is 0 Å². The number of rotatable bonds is 4. The van der Waals surface area contributed by atoms with E-state index in [4.69, 9.17) is 5.73 Å². The first-order valence-corrected chi connectivity index (χ1v) is 6.96. The molecule has 106 valence electrons. The summed E-state index contributed by atoms with van der Waals surface area (Å²) in [5.41, 5.74) is 8.37. The predicted molar refractivity (Wildman–Crippen MR) is 78.2 cm³/mol. The Balaban J connectivity index is 1.58. The first-order valence-electron chi connectivity index (χ1n) is 6.96. The van der Waals surface area contributed by atoms with Crippen LogP contribution in [-0.2, 0) is 13.1 Å². The molecule has 0 spiro atoms. The Hall–Kier alpha value is -1.92. The minimum Gasteiger partial charge on any atom is -0.339 e. The zero-order valence-electron chi connectivity index (χ0n) is 11.5. The lowest BCUT2D eigenvalue weighted by atomic mass is 10.1. The van der Waals surface area contributed by atoms with Gasteiger partial charge in [-0.2, -0.15) is 10.1 Å². The number of aromatic nitrogens is 3. The van der Waals surface area contributed by atoms with Crippen LogP contribution in [-0.4, -0.2) is 46.3 Å². The van der Waals surface area contributed by atoms with Crippen LogP contribution in [0.15, 0.2) is 30.6 Å². The number of H-pyrrole nitrogens is 1. The Bertz CT molecular complexity index is 530. The second kappa shape index (κ2) is 6.02. The monoisotopic (exact) mass is 272 g/mol. The standard InChI is InChI=1S/C14H20N6/c15-9-12-3-1-2-4-13(12)10-19-5-7-20(8-6-19)14-16-11-17-18-14/h1-4,11H,5-10,15H2,(H,16,17,18). The van der Waals surface area contributed by atoms with Crippen LogP contribution in [0.5, 0.6) is 0 Å². The zero-order chi connectivity index (χ0) is 13.8. The van der Waals surface area contributed by atoms with Gasteiger partial charge in [0, 0.05) is 39.3 Å². The van der Waals surface area contributed by atoms with Gasteiger partial charge in [-0.15, -0.1) is 0 Å². The van der Waals surface area contributed by atoms with Gasteiger partial charge in [-0.1, -0.05) is 24.3 Å². The van der Waals surface area contributed by atoms with E-state index >= 15 is 0 Å². The average molecular weight is 272 g/mol. The second-order valence-electron chi connectivity index (χ2n) is 5.05. The average Bonchev–Trinajstić information content (AvgIpc) is 3.03. The van der Waals surface area contributed by atoms with Crippen molar-refractivity contribution in [1.29, 1.82) is 0 Å². The van der Waals surface area contributed by atoms with Crippen LogP contribution in [0.1, 0.15) is 11.1 Å². The summed E-state index contributed by atoms with van der Waals surface area (Å²) in [5.74, 6) is 0.868. The maximum absolute atomic E-state index is 5.80. The van der Waals surface area contributed by atoms with Gasteiger partial charge in [0.1, 0.15) is 6.33 Å². The van der Waals surface area contributed by atoms with Crippen LogP contribution < -0.4 is 10.6 Å². The molecule has 6 nitrogen and oxygen atoms in total. The van der Waals surface area contributed by atoms with Crippen LogP contribution in [0.25, 0.3) is 0 Å². The van der Waals surface area contributed by atoms with Gasteiger partial charge in [-0.3, -0.25) is 4.90 Å². The molecule has 0 unspecified atom stereocenters. The van der Waals surface area contributed by atoms with E-state index in [1.54, 1.807) is 6.33 Å². The van der Waals surface area contributed by atoms with E-state index in [0.29, 0.717) is 6.54 Å². The maximum Gasteiger partial charge on any atom is 0.221 e. The van der Waals surface area contributed by atoms with Crippen molar-refractivity contribution in [3.05, 3.63) is 41.7 Å². The topological polar surface area (TPSA) is 74.1 Å². The van der Waals surface area contributed by atoms with E-state index in [1.807, 2.05) is 6.07 Å². The molecular weight excluding hydrogens is 252 g/mol. The zero-order valence-corrected chi connectivity index (χ0v) is 11.5. The number of aromatic amines is 1. The highest BCUT2D eigenvalue weighted by Crippen LogP contribution is 2.14. The van der Waals surface area contributed by atoms with Gasteiger partial charge in [0.05, 0.1) is 0 Å². The third-order valence-electron chi connectivity index (χ3n) is 3.81. The van der Waals surface area contributed by atoms with Crippen molar-refractivity contribution >= 4 is 5.95 Å². The van der Waals surface area contributed by atoms with Crippen molar-refractivity contribution in [3.8, 4) is 0 Å². The van der Waals surface area contributed by atoms with Crippen molar-refractivity contribution in [2.24, 2.45) is 5.73 Å². The lowest BCUT2D eigenvalue weighted by Crippen LogP contribution is -2.46. The molecule has 2 aromatic rings. The number of piperazine rings is 1. The number of benzene rings is 1. The molecule has 20 heavy (non-hydrogen) atoms. The number of hydrogen-bond donors (Lipinski definition) is 2. The predicted octanol–water partition coefficient (Wildman–Crippen LogP) is 0.586. The molecule has 1 aliphatic heterocycles. The molecular formula is C14H20N6. The van der Waals surface area contributed by atoms with Crippen LogP contribution in [0, 0.1) is 0 Å². The Kier molecular flexibility index (Phi) is 3.94. The summed E-state index contributed by atoms with van der Waals surface area (Å²) in [6, 6.07) is 8.41. The number of nitrogens with one attached hydrogen (secondary N) is 1. The van der Waals surface area contributed by atoms with Crippen molar-refractivity contribution in [2.75, 3.05) is 31.1 Å². The summed E-state index contributed by atoms with van der Waals surface area (Å²) in [7, 11) is 0. The van der Waals surface area contributed by atoms with E-state index in [0.717, 1.165) is 38.7 Å². The van der Waals surface area contributed by atoms with Gasteiger partial charge in [0.15, 0.2) is 0 Å². The van der Waals surface area contributed by atoms with E-state index in [-0.39, 0.29) is 0 Å². The number of anilines is 1.